The van der Waals surface area contributed by atoms with Gasteiger partial charge in [-0.3, -0.25) is 4.55 Å². The predicted octanol–water partition coefficient (Wildman–Crippen LogP) is 2.70. The van der Waals surface area contributed by atoms with Gasteiger partial charge in [-0.2, -0.15) is 8.42 Å². The molecule has 4 nitrogen and oxygen atoms in total. The lowest BCUT2D eigenvalue weighted by Gasteiger charge is -2.18. The van der Waals surface area contributed by atoms with Crippen molar-refractivity contribution in [2.24, 2.45) is 0 Å². The molecule has 2 rings (SSSR count). The molecule has 0 spiro atoms. The molecule has 1 aromatic rings. The average Bonchev–Trinajstić information content (AvgIpc) is 2.54. The highest BCUT2D eigenvalue weighted by Gasteiger charge is 2.33. The molecule has 1 aliphatic heterocycles. The molecule has 1 aliphatic rings. The molecule has 1 atom stereocenters. The third-order valence-electron chi connectivity index (χ3n) is 3.42. The third kappa shape index (κ3) is 2.24. The first-order valence-electron chi connectivity index (χ1n) is 5.99. The zero-order valence-corrected chi connectivity index (χ0v) is 11.6. The zero-order valence-electron chi connectivity index (χ0n) is 10.8. The fourth-order valence-corrected chi connectivity index (χ4v) is 3.27. The monoisotopic (exact) mass is 270 g/mol. The van der Waals surface area contributed by atoms with E-state index in [4.69, 9.17) is 4.74 Å². The highest BCUT2D eigenvalue weighted by Crippen LogP contribution is 2.40. The second-order valence-corrected chi connectivity index (χ2v) is 6.94. The standard InChI is InChI=1S/C13H18O4S/c1-4-12(18(14,15)16)9-5-6-11-10(7-9)13(2,3)8-17-11/h5-7,12H,4,8H2,1-3H3,(H,14,15,16). The zero-order chi connectivity index (χ0) is 13.6. The Balaban J connectivity index is 2.50. The second-order valence-electron chi connectivity index (χ2n) is 5.34. The fourth-order valence-electron chi connectivity index (χ4n) is 2.36. The normalized spacial score (nSPS) is 19.1. The highest BCUT2D eigenvalue weighted by molar-refractivity contribution is 7.86. The van der Waals surface area contributed by atoms with Gasteiger partial charge in [0.15, 0.2) is 0 Å². The summed E-state index contributed by atoms with van der Waals surface area (Å²) >= 11 is 0. The minimum Gasteiger partial charge on any atom is -0.492 e. The molecular formula is C13H18O4S. The summed E-state index contributed by atoms with van der Waals surface area (Å²) in [5.41, 5.74) is 1.50. The van der Waals surface area contributed by atoms with Crippen molar-refractivity contribution in [2.75, 3.05) is 6.61 Å². The number of ether oxygens (including phenoxy) is 1. The van der Waals surface area contributed by atoms with Gasteiger partial charge in [0, 0.05) is 11.0 Å². The molecular weight excluding hydrogens is 252 g/mol. The molecule has 0 bridgehead atoms. The minimum atomic E-state index is -4.06. The topological polar surface area (TPSA) is 63.6 Å². The van der Waals surface area contributed by atoms with Gasteiger partial charge in [0.05, 0.1) is 6.61 Å². The van der Waals surface area contributed by atoms with Crippen molar-refractivity contribution in [3.8, 4) is 5.75 Å². The molecule has 18 heavy (non-hydrogen) atoms. The van der Waals surface area contributed by atoms with Crippen LogP contribution in [-0.2, 0) is 15.5 Å². The Kier molecular flexibility index (Phi) is 3.15. The lowest BCUT2D eigenvalue weighted by molar-refractivity contribution is 0.291. The second kappa shape index (κ2) is 4.24. The summed E-state index contributed by atoms with van der Waals surface area (Å²) in [5, 5.41) is -0.862. The van der Waals surface area contributed by atoms with Crippen LogP contribution in [-0.4, -0.2) is 19.6 Å². The summed E-state index contributed by atoms with van der Waals surface area (Å²) < 4.78 is 37.5. The number of hydrogen-bond acceptors (Lipinski definition) is 3. The van der Waals surface area contributed by atoms with Crippen molar-refractivity contribution in [2.45, 2.75) is 37.9 Å². The van der Waals surface area contributed by atoms with E-state index in [9.17, 15) is 13.0 Å². The van der Waals surface area contributed by atoms with Crippen LogP contribution in [0, 0.1) is 0 Å². The van der Waals surface area contributed by atoms with E-state index in [0.717, 1.165) is 11.3 Å². The number of hydrogen-bond donors (Lipinski definition) is 1. The Morgan fingerprint density at radius 2 is 2.11 bits per heavy atom. The van der Waals surface area contributed by atoms with Crippen molar-refractivity contribution in [3.05, 3.63) is 29.3 Å². The molecule has 0 saturated heterocycles. The van der Waals surface area contributed by atoms with E-state index in [-0.39, 0.29) is 5.41 Å². The van der Waals surface area contributed by atoms with Gasteiger partial charge in [0.25, 0.3) is 10.1 Å². The van der Waals surface area contributed by atoms with E-state index < -0.39 is 15.4 Å². The van der Waals surface area contributed by atoms with Crippen LogP contribution in [0.5, 0.6) is 5.75 Å². The smallest absolute Gasteiger partial charge is 0.271 e. The van der Waals surface area contributed by atoms with Crippen molar-refractivity contribution < 1.29 is 17.7 Å². The molecule has 0 saturated carbocycles. The molecule has 100 valence electrons. The van der Waals surface area contributed by atoms with E-state index in [1.807, 2.05) is 6.07 Å². The van der Waals surface area contributed by atoms with Crippen LogP contribution in [0.15, 0.2) is 18.2 Å². The lowest BCUT2D eigenvalue weighted by Crippen LogP contribution is -2.19. The first-order valence-corrected chi connectivity index (χ1v) is 7.49. The van der Waals surface area contributed by atoms with Crippen LogP contribution in [0.25, 0.3) is 0 Å². The van der Waals surface area contributed by atoms with Crippen LogP contribution in [0.3, 0.4) is 0 Å². The SMILES string of the molecule is CCC(c1ccc2c(c1)C(C)(C)CO2)S(=O)(=O)O. The average molecular weight is 270 g/mol. The summed E-state index contributed by atoms with van der Waals surface area (Å²) in [6, 6.07) is 5.33. The Labute approximate surface area is 108 Å². The molecule has 0 aromatic heterocycles. The Morgan fingerprint density at radius 3 is 2.67 bits per heavy atom. The van der Waals surface area contributed by atoms with Crippen LogP contribution < -0.4 is 4.74 Å². The summed E-state index contributed by atoms with van der Waals surface area (Å²) in [7, 11) is -4.06. The third-order valence-corrected chi connectivity index (χ3v) is 4.75. The maximum Gasteiger partial charge on any atom is 0.271 e. The summed E-state index contributed by atoms with van der Waals surface area (Å²) in [5.74, 6) is 0.800. The molecule has 0 fully saturated rings. The largest absolute Gasteiger partial charge is 0.492 e. The predicted molar refractivity (Wildman–Crippen MR) is 69.5 cm³/mol. The highest BCUT2D eigenvalue weighted by atomic mass is 32.2. The number of benzene rings is 1. The van der Waals surface area contributed by atoms with Crippen LogP contribution in [0.4, 0.5) is 0 Å². The van der Waals surface area contributed by atoms with Crippen LogP contribution in [0.1, 0.15) is 43.6 Å². The number of rotatable bonds is 3. The van der Waals surface area contributed by atoms with Gasteiger partial charge in [-0.05, 0) is 18.1 Å². The fraction of sp³-hybridized carbons (Fsp3) is 0.538. The van der Waals surface area contributed by atoms with Gasteiger partial charge in [-0.1, -0.05) is 32.9 Å². The van der Waals surface area contributed by atoms with Crippen molar-refractivity contribution in [1.29, 1.82) is 0 Å². The molecule has 1 aromatic carbocycles. The van der Waals surface area contributed by atoms with Gasteiger partial charge in [-0.15, -0.1) is 0 Å². The molecule has 1 N–H and O–H groups in total. The van der Waals surface area contributed by atoms with E-state index in [1.165, 1.54) is 0 Å². The van der Waals surface area contributed by atoms with Gasteiger partial charge in [0.2, 0.25) is 0 Å². The Bertz CT molecular complexity index is 560. The van der Waals surface area contributed by atoms with Gasteiger partial charge >= 0.3 is 0 Å². The van der Waals surface area contributed by atoms with Gasteiger partial charge < -0.3 is 4.74 Å². The molecule has 5 heteroatoms. The van der Waals surface area contributed by atoms with Crippen LogP contribution in [0.2, 0.25) is 0 Å². The molecule has 0 aliphatic carbocycles. The Hall–Kier alpha value is -1.07. The van der Waals surface area contributed by atoms with Crippen molar-refractivity contribution >= 4 is 10.1 Å². The van der Waals surface area contributed by atoms with E-state index in [0.29, 0.717) is 18.6 Å². The van der Waals surface area contributed by atoms with E-state index in [2.05, 4.69) is 13.8 Å². The number of fused-ring (bicyclic) bond motifs is 1. The first-order chi connectivity index (χ1) is 8.25. The maximum atomic E-state index is 11.3. The molecule has 1 unspecified atom stereocenters. The van der Waals surface area contributed by atoms with E-state index in [1.54, 1.807) is 19.1 Å². The maximum absolute atomic E-state index is 11.3. The summed E-state index contributed by atoms with van der Waals surface area (Å²) in [6.07, 6.45) is 0.346. The van der Waals surface area contributed by atoms with Gasteiger partial charge in [-0.25, -0.2) is 0 Å². The van der Waals surface area contributed by atoms with Gasteiger partial charge in [0.1, 0.15) is 11.0 Å². The lowest BCUT2D eigenvalue weighted by atomic mass is 9.86. The minimum absolute atomic E-state index is 0.122. The first kappa shape index (κ1) is 13.4. The molecule has 1 heterocycles. The Morgan fingerprint density at radius 1 is 1.44 bits per heavy atom. The molecule has 0 radical (unpaired) electrons. The summed E-state index contributed by atoms with van der Waals surface area (Å²) in [4.78, 5) is 0. The quantitative estimate of drug-likeness (QED) is 0.858. The van der Waals surface area contributed by atoms with E-state index >= 15 is 0 Å². The van der Waals surface area contributed by atoms with Crippen molar-refractivity contribution in [3.63, 3.8) is 0 Å². The van der Waals surface area contributed by atoms with Crippen LogP contribution >= 0.6 is 0 Å². The van der Waals surface area contributed by atoms with Crippen molar-refractivity contribution in [1.82, 2.24) is 0 Å². The molecule has 0 amide bonds. The summed E-state index contributed by atoms with van der Waals surface area (Å²) in [6.45, 7) is 6.44.